The number of hydrogen-bond acceptors (Lipinski definition) is 3. The van der Waals surface area contributed by atoms with Crippen molar-refractivity contribution in [2.45, 2.75) is 18.9 Å². The van der Waals surface area contributed by atoms with Gasteiger partial charge >= 0.3 is 0 Å². The van der Waals surface area contributed by atoms with Crippen molar-refractivity contribution in [1.82, 2.24) is 4.90 Å². The van der Waals surface area contributed by atoms with Gasteiger partial charge in [0.25, 0.3) is 0 Å². The van der Waals surface area contributed by atoms with Crippen LogP contribution in [0.2, 0.25) is 5.02 Å². The number of hydrogen-bond donors (Lipinski definition) is 0. The van der Waals surface area contributed by atoms with Crippen molar-refractivity contribution in [3.05, 3.63) is 28.8 Å². The van der Waals surface area contributed by atoms with Crippen molar-refractivity contribution < 1.29 is 0 Å². The van der Waals surface area contributed by atoms with Gasteiger partial charge in [0.2, 0.25) is 0 Å². The van der Waals surface area contributed by atoms with Gasteiger partial charge in [-0.15, -0.1) is 0 Å². The predicted molar refractivity (Wildman–Crippen MR) is 75.1 cm³/mol. The lowest BCUT2D eigenvalue weighted by Crippen LogP contribution is -2.42. The van der Waals surface area contributed by atoms with E-state index in [-0.39, 0.29) is 0 Å². The van der Waals surface area contributed by atoms with Crippen LogP contribution in [0.5, 0.6) is 0 Å². The molecule has 1 aromatic carbocycles. The van der Waals surface area contributed by atoms with Crippen molar-refractivity contribution >= 4 is 17.3 Å². The van der Waals surface area contributed by atoms with Crippen molar-refractivity contribution in [2.24, 2.45) is 0 Å². The Labute approximate surface area is 114 Å². The van der Waals surface area contributed by atoms with Crippen LogP contribution in [0.4, 0.5) is 5.69 Å². The van der Waals surface area contributed by atoms with Crippen molar-refractivity contribution in [2.75, 3.05) is 32.1 Å². The van der Waals surface area contributed by atoms with Gasteiger partial charge in [-0.05, 0) is 45.1 Å². The van der Waals surface area contributed by atoms with Crippen LogP contribution in [0.1, 0.15) is 18.4 Å². The number of anilines is 1. The monoisotopic (exact) mass is 263 g/mol. The first-order valence-electron chi connectivity index (χ1n) is 6.23. The summed E-state index contributed by atoms with van der Waals surface area (Å²) in [6.45, 7) is 2.04. The van der Waals surface area contributed by atoms with Gasteiger partial charge in [0, 0.05) is 19.1 Å². The largest absolute Gasteiger partial charge is 0.370 e. The van der Waals surface area contributed by atoms with E-state index in [2.05, 4.69) is 30.0 Å². The average Bonchev–Trinajstić information content (AvgIpc) is 2.38. The molecule has 1 aliphatic heterocycles. The third kappa shape index (κ3) is 2.77. The molecule has 0 aliphatic carbocycles. The number of piperidine rings is 1. The molecule has 0 bridgehead atoms. The molecule has 0 saturated carbocycles. The molecule has 4 heteroatoms. The average molecular weight is 264 g/mol. The van der Waals surface area contributed by atoms with Crippen molar-refractivity contribution in [3.8, 4) is 6.07 Å². The van der Waals surface area contributed by atoms with E-state index < -0.39 is 0 Å². The summed E-state index contributed by atoms with van der Waals surface area (Å²) in [5.74, 6) is 0. The Kier molecular flexibility index (Phi) is 4.11. The van der Waals surface area contributed by atoms with Crippen molar-refractivity contribution in [3.63, 3.8) is 0 Å². The molecule has 1 heterocycles. The first kappa shape index (κ1) is 13.2. The first-order chi connectivity index (χ1) is 8.61. The van der Waals surface area contributed by atoms with Crippen LogP contribution in [0.25, 0.3) is 0 Å². The van der Waals surface area contributed by atoms with Crippen LogP contribution in [0.15, 0.2) is 18.2 Å². The van der Waals surface area contributed by atoms with Gasteiger partial charge in [0.15, 0.2) is 0 Å². The Morgan fingerprint density at radius 1 is 1.33 bits per heavy atom. The fourth-order valence-corrected chi connectivity index (χ4v) is 2.76. The molecule has 0 atom stereocenters. The molecular weight excluding hydrogens is 246 g/mol. The summed E-state index contributed by atoms with van der Waals surface area (Å²) in [5.41, 5.74) is 1.67. The number of nitrogens with zero attached hydrogens (tertiary/aromatic N) is 3. The Balaban J connectivity index is 2.08. The molecule has 1 aliphatic rings. The van der Waals surface area contributed by atoms with E-state index in [9.17, 15) is 0 Å². The smallest absolute Gasteiger partial charge is 0.0992 e. The minimum absolute atomic E-state index is 0.618. The second kappa shape index (κ2) is 5.60. The molecule has 0 N–H and O–H groups in total. The summed E-state index contributed by atoms with van der Waals surface area (Å²) in [6.07, 6.45) is 2.31. The molecule has 3 nitrogen and oxygen atoms in total. The van der Waals surface area contributed by atoms with Crippen LogP contribution >= 0.6 is 11.6 Å². The summed E-state index contributed by atoms with van der Waals surface area (Å²) >= 11 is 6.24. The van der Waals surface area contributed by atoms with E-state index in [1.54, 1.807) is 6.07 Å². The second-order valence-electron chi connectivity index (χ2n) is 4.96. The summed E-state index contributed by atoms with van der Waals surface area (Å²) in [6, 6.07) is 8.31. The minimum Gasteiger partial charge on any atom is -0.370 e. The Hall–Kier alpha value is -1.24. The Morgan fingerprint density at radius 3 is 2.50 bits per heavy atom. The lowest BCUT2D eigenvalue weighted by atomic mass is 10.0. The molecule has 0 aromatic heterocycles. The molecule has 96 valence electrons. The fourth-order valence-electron chi connectivity index (χ4n) is 2.46. The molecule has 1 fully saturated rings. The zero-order valence-corrected chi connectivity index (χ0v) is 11.6. The maximum absolute atomic E-state index is 8.83. The molecule has 0 spiro atoms. The quantitative estimate of drug-likeness (QED) is 0.822. The number of rotatable bonds is 2. The third-order valence-corrected chi connectivity index (χ3v) is 3.91. The molecule has 0 unspecified atom stereocenters. The number of halogens is 1. The highest BCUT2D eigenvalue weighted by Gasteiger charge is 2.21. The summed E-state index contributed by atoms with van der Waals surface area (Å²) in [7, 11) is 4.27. The maximum Gasteiger partial charge on any atom is 0.0992 e. The standard InChI is InChI=1S/C14H18ClN3/c1-17(2)12-5-7-18(8-6-12)14-4-3-11(10-16)9-13(14)15/h3-4,9,12H,5-8H2,1-2H3. The Bertz CT molecular complexity index is 457. The molecule has 1 saturated heterocycles. The van der Waals surface area contributed by atoms with Crippen LogP contribution < -0.4 is 4.90 Å². The SMILES string of the molecule is CN(C)C1CCN(c2ccc(C#N)cc2Cl)CC1. The van der Waals surface area contributed by atoms with Crippen LogP contribution in [-0.4, -0.2) is 38.1 Å². The van der Waals surface area contributed by atoms with E-state index in [0.717, 1.165) is 31.6 Å². The van der Waals surface area contributed by atoms with Crippen LogP contribution in [0.3, 0.4) is 0 Å². The van der Waals surface area contributed by atoms with Gasteiger partial charge in [-0.3, -0.25) is 0 Å². The number of nitriles is 1. The summed E-state index contributed by atoms with van der Waals surface area (Å²) in [4.78, 5) is 4.60. The lowest BCUT2D eigenvalue weighted by molar-refractivity contribution is 0.249. The van der Waals surface area contributed by atoms with E-state index in [4.69, 9.17) is 16.9 Å². The normalized spacial score (nSPS) is 16.9. The summed E-state index contributed by atoms with van der Waals surface area (Å²) < 4.78 is 0. The van der Waals surface area contributed by atoms with E-state index in [0.29, 0.717) is 16.6 Å². The van der Waals surface area contributed by atoms with Gasteiger partial charge in [0.1, 0.15) is 0 Å². The zero-order chi connectivity index (χ0) is 13.1. The number of benzene rings is 1. The second-order valence-corrected chi connectivity index (χ2v) is 5.37. The molecule has 0 radical (unpaired) electrons. The zero-order valence-electron chi connectivity index (χ0n) is 10.9. The molecule has 2 rings (SSSR count). The summed E-state index contributed by atoms with van der Waals surface area (Å²) in [5, 5.41) is 9.51. The van der Waals surface area contributed by atoms with E-state index in [1.807, 2.05) is 12.1 Å². The topological polar surface area (TPSA) is 30.3 Å². The molecule has 0 amide bonds. The van der Waals surface area contributed by atoms with E-state index in [1.165, 1.54) is 0 Å². The van der Waals surface area contributed by atoms with Gasteiger partial charge in [0.05, 0.1) is 22.3 Å². The van der Waals surface area contributed by atoms with Gasteiger partial charge < -0.3 is 9.80 Å². The van der Waals surface area contributed by atoms with Gasteiger partial charge in [-0.1, -0.05) is 11.6 Å². The highest BCUT2D eigenvalue weighted by Crippen LogP contribution is 2.29. The van der Waals surface area contributed by atoms with Crippen LogP contribution in [-0.2, 0) is 0 Å². The highest BCUT2D eigenvalue weighted by atomic mass is 35.5. The maximum atomic E-state index is 8.83. The van der Waals surface area contributed by atoms with Gasteiger partial charge in [-0.25, -0.2) is 0 Å². The van der Waals surface area contributed by atoms with Crippen LogP contribution in [0, 0.1) is 11.3 Å². The van der Waals surface area contributed by atoms with E-state index >= 15 is 0 Å². The van der Waals surface area contributed by atoms with Gasteiger partial charge in [-0.2, -0.15) is 5.26 Å². The first-order valence-corrected chi connectivity index (χ1v) is 6.60. The predicted octanol–water partition coefficient (Wildman–Crippen LogP) is 2.74. The Morgan fingerprint density at radius 2 is 2.00 bits per heavy atom. The lowest BCUT2D eigenvalue weighted by Gasteiger charge is -2.36. The third-order valence-electron chi connectivity index (χ3n) is 3.61. The minimum atomic E-state index is 0.618. The molecule has 18 heavy (non-hydrogen) atoms. The molecular formula is C14H18ClN3. The highest BCUT2D eigenvalue weighted by molar-refractivity contribution is 6.33. The fraction of sp³-hybridized carbons (Fsp3) is 0.500. The van der Waals surface area contributed by atoms with Crippen molar-refractivity contribution in [1.29, 1.82) is 5.26 Å². The molecule has 1 aromatic rings.